The van der Waals surface area contributed by atoms with Crippen molar-refractivity contribution in [3.63, 3.8) is 0 Å². The fourth-order valence-electron chi connectivity index (χ4n) is 1.94. The monoisotopic (exact) mass is 386 g/mol. The Labute approximate surface area is 151 Å². The number of aryl methyl sites for hydroxylation is 1. The molecule has 2 N–H and O–H groups in total. The molecule has 5 nitrogen and oxygen atoms in total. The predicted octanol–water partition coefficient (Wildman–Crippen LogP) is 3.61. The van der Waals surface area contributed by atoms with Gasteiger partial charge in [0, 0.05) is 15.7 Å². The lowest BCUT2D eigenvalue weighted by molar-refractivity contribution is -0.117. The van der Waals surface area contributed by atoms with Crippen molar-refractivity contribution >= 4 is 44.8 Å². The van der Waals surface area contributed by atoms with Crippen LogP contribution in [0.15, 0.2) is 47.4 Å². The molecule has 0 aromatic heterocycles. The summed E-state index contributed by atoms with van der Waals surface area (Å²) < 4.78 is 26.9. The highest BCUT2D eigenvalue weighted by Gasteiger charge is 2.22. The lowest BCUT2D eigenvalue weighted by atomic mass is 10.2. The minimum atomic E-state index is -3.83. The number of hydrogen-bond donors (Lipinski definition) is 2. The Morgan fingerprint density at radius 2 is 1.62 bits per heavy atom. The second-order valence-corrected chi connectivity index (χ2v) is 7.83. The molecule has 1 amide bonds. The second kappa shape index (κ2) is 7.53. The molecule has 0 saturated heterocycles. The van der Waals surface area contributed by atoms with E-state index >= 15 is 0 Å². The lowest BCUT2D eigenvalue weighted by Gasteiger charge is -2.15. The van der Waals surface area contributed by atoms with Crippen molar-refractivity contribution in [2.75, 3.05) is 5.32 Å². The molecule has 2 rings (SSSR count). The summed E-state index contributed by atoms with van der Waals surface area (Å²) in [6.45, 7) is 3.27. The molecule has 1 atom stereocenters. The van der Waals surface area contributed by atoms with E-state index in [-0.39, 0.29) is 4.90 Å². The fourth-order valence-corrected chi connectivity index (χ4v) is 3.44. The van der Waals surface area contributed by atoms with Crippen LogP contribution in [0.5, 0.6) is 0 Å². The third-order valence-corrected chi connectivity index (χ3v) is 5.35. The van der Waals surface area contributed by atoms with Crippen molar-refractivity contribution in [1.82, 2.24) is 4.72 Å². The van der Waals surface area contributed by atoms with Gasteiger partial charge in [-0.25, -0.2) is 8.42 Å². The maximum atomic E-state index is 12.3. The number of sulfonamides is 1. The molecule has 24 heavy (non-hydrogen) atoms. The lowest BCUT2D eigenvalue weighted by Crippen LogP contribution is -2.41. The van der Waals surface area contributed by atoms with Crippen molar-refractivity contribution in [3.8, 4) is 0 Å². The van der Waals surface area contributed by atoms with E-state index in [0.29, 0.717) is 15.7 Å². The van der Waals surface area contributed by atoms with Gasteiger partial charge >= 0.3 is 0 Å². The van der Waals surface area contributed by atoms with Gasteiger partial charge in [-0.3, -0.25) is 4.79 Å². The second-order valence-electron chi connectivity index (χ2n) is 5.25. The summed E-state index contributed by atoms with van der Waals surface area (Å²) in [5.41, 5.74) is 1.35. The normalized spacial score (nSPS) is 12.7. The van der Waals surface area contributed by atoms with E-state index in [2.05, 4.69) is 10.0 Å². The number of rotatable bonds is 5. The van der Waals surface area contributed by atoms with Crippen LogP contribution in [0.1, 0.15) is 12.5 Å². The first-order valence-corrected chi connectivity index (χ1v) is 9.28. The van der Waals surface area contributed by atoms with Crippen LogP contribution in [0.4, 0.5) is 5.69 Å². The highest BCUT2D eigenvalue weighted by atomic mass is 35.5. The molecule has 0 aliphatic heterocycles. The van der Waals surface area contributed by atoms with Crippen LogP contribution in [0.3, 0.4) is 0 Å². The number of nitrogens with one attached hydrogen (secondary N) is 2. The Morgan fingerprint density at radius 1 is 1.04 bits per heavy atom. The maximum Gasteiger partial charge on any atom is 0.242 e. The van der Waals surface area contributed by atoms with Crippen LogP contribution in [-0.4, -0.2) is 20.4 Å². The molecule has 2 aromatic carbocycles. The molecule has 8 heteroatoms. The zero-order valence-corrected chi connectivity index (χ0v) is 15.3. The van der Waals surface area contributed by atoms with Gasteiger partial charge < -0.3 is 5.32 Å². The molecule has 0 bridgehead atoms. The van der Waals surface area contributed by atoms with Gasteiger partial charge in [0.05, 0.1) is 10.9 Å². The van der Waals surface area contributed by atoms with Gasteiger partial charge in [0.15, 0.2) is 0 Å². The maximum absolute atomic E-state index is 12.3. The number of halogens is 2. The third kappa shape index (κ3) is 4.70. The van der Waals surface area contributed by atoms with E-state index in [4.69, 9.17) is 23.2 Å². The number of benzene rings is 2. The smallest absolute Gasteiger partial charge is 0.242 e. The topological polar surface area (TPSA) is 75.3 Å². The number of carbonyl (C=O) groups excluding carboxylic acids is 1. The zero-order valence-electron chi connectivity index (χ0n) is 13.0. The summed E-state index contributed by atoms with van der Waals surface area (Å²) in [4.78, 5) is 12.3. The molecule has 128 valence electrons. The largest absolute Gasteiger partial charge is 0.324 e. The van der Waals surface area contributed by atoms with Crippen LogP contribution in [0.25, 0.3) is 0 Å². The SMILES string of the molecule is Cc1ccc(Cl)cc1NC(=O)C(C)NS(=O)(=O)c1ccc(Cl)cc1. The van der Waals surface area contributed by atoms with E-state index in [9.17, 15) is 13.2 Å². The summed E-state index contributed by atoms with van der Waals surface area (Å²) in [5.74, 6) is -0.488. The summed E-state index contributed by atoms with van der Waals surface area (Å²) in [7, 11) is -3.83. The van der Waals surface area contributed by atoms with Gasteiger partial charge in [-0.05, 0) is 55.8 Å². The molecule has 0 spiro atoms. The van der Waals surface area contributed by atoms with Gasteiger partial charge in [0.25, 0.3) is 0 Å². The number of carbonyl (C=O) groups is 1. The van der Waals surface area contributed by atoms with Crippen LogP contribution >= 0.6 is 23.2 Å². The average Bonchev–Trinajstić information content (AvgIpc) is 2.51. The minimum Gasteiger partial charge on any atom is -0.324 e. The quantitative estimate of drug-likeness (QED) is 0.823. The van der Waals surface area contributed by atoms with Crippen LogP contribution in [0.2, 0.25) is 10.0 Å². The fraction of sp³-hybridized carbons (Fsp3) is 0.188. The van der Waals surface area contributed by atoms with Crippen molar-refractivity contribution in [2.45, 2.75) is 24.8 Å². The Morgan fingerprint density at radius 3 is 2.25 bits per heavy atom. The van der Waals surface area contributed by atoms with Crippen molar-refractivity contribution in [3.05, 3.63) is 58.1 Å². The number of hydrogen-bond acceptors (Lipinski definition) is 3. The first-order valence-electron chi connectivity index (χ1n) is 7.04. The molecule has 0 heterocycles. The zero-order chi connectivity index (χ0) is 17.9. The Hall–Kier alpha value is -1.60. The van der Waals surface area contributed by atoms with Crippen LogP contribution < -0.4 is 10.0 Å². The summed E-state index contributed by atoms with van der Waals surface area (Å²) in [6.07, 6.45) is 0. The van der Waals surface area contributed by atoms with E-state index in [0.717, 1.165) is 5.56 Å². The van der Waals surface area contributed by atoms with E-state index < -0.39 is 22.0 Å². The molecule has 0 aliphatic rings. The number of anilines is 1. The standard InChI is InChI=1S/C16H16Cl2N2O3S/c1-10-3-4-13(18)9-15(10)19-16(21)11(2)20-24(22,23)14-7-5-12(17)6-8-14/h3-9,11,20H,1-2H3,(H,19,21). The van der Waals surface area contributed by atoms with Gasteiger partial charge in [-0.15, -0.1) is 0 Å². The van der Waals surface area contributed by atoms with Crippen LogP contribution in [0, 0.1) is 6.92 Å². The van der Waals surface area contributed by atoms with Crippen molar-refractivity contribution in [1.29, 1.82) is 0 Å². The molecule has 0 radical (unpaired) electrons. The Kier molecular flexibility index (Phi) is 5.87. The van der Waals surface area contributed by atoms with Crippen molar-refractivity contribution in [2.24, 2.45) is 0 Å². The average molecular weight is 387 g/mol. The predicted molar refractivity (Wildman–Crippen MR) is 96.1 cm³/mol. The summed E-state index contributed by atoms with van der Waals surface area (Å²) in [5, 5.41) is 3.57. The van der Waals surface area contributed by atoms with Crippen LogP contribution in [-0.2, 0) is 14.8 Å². The first-order chi connectivity index (χ1) is 11.2. The molecule has 0 fully saturated rings. The van der Waals surface area contributed by atoms with Gasteiger partial charge in [0.2, 0.25) is 15.9 Å². The Balaban J connectivity index is 2.10. The molecule has 0 saturated carbocycles. The van der Waals surface area contributed by atoms with Gasteiger partial charge in [-0.2, -0.15) is 4.72 Å². The van der Waals surface area contributed by atoms with Gasteiger partial charge in [-0.1, -0.05) is 29.3 Å². The molecular weight excluding hydrogens is 371 g/mol. The molecule has 2 aromatic rings. The highest BCUT2D eigenvalue weighted by molar-refractivity contribution is 7.89. The molecule has 1 unspecified atom stereocenters. The first kappa shape index (κ1) is 18.7. The summed E-state index contributed by atoms with van der Waals surface area (Å²) >= 11 is 11.7. The highest BCUT2D eigenvalue weighted by Crippen LogP contribution is 2.20. The summed E-state index contributed by atoms with van der Waals surface area (Å²) in [6, 6.07) is 9.79. The molecular formula is C16H16Cl2N2O3S. The minimum absolute atomic E-state index is 0.0329. The van der Waals surface area contributed by atoms with E-state index in [1.54, 1.807) is 18.2 Å². The van der Waals surface area contributed by atoms with E-state index in [1.165, 1.54) is 31.2 Å². The Bertz CT molecular complexity index is 852. The van der Waals surface area contributed by atoms with Gasteiger partial charge in [0.1, 0.15) is 0 Å². The van der Waals surface area contributed by atoms with E-state index in [1.807, 2.05) is 6.92 Å². The third-order valence-electron chi connectivity index (χ3n) is 3.31. The number of amides is 1. The van der Waals surface area contributed by atoms with Crippen molar-refractivity contribution < 1.29 is 13.2 Å². The molecule has 0 aliphatic carbocycles.